The lowest BCUT2D eigenvalue weighted by atomic mass is 10.3. The molecule has 0 amide bonds. The summed E-state index contributed by atoms with van der Waals surface area (Å²) in [5, 5.41) is 6.21. The number of carbonyl (C=O) groups excluding carboxylic acids is 1. The summed E-state index contributed by atoms with van der Waals surface area (Å²) in [6.07, 6.45) is 1.23. The van der Waals surface area contributed by atoms with E-state index in [0.717, 1.165) is 0 Å². The average molecular weight is 143 g/mol. The number of ether oxygens (including phenoxy) is 1. The quantitative estimate of drug-likeness (QED) is 0.200. The molecule has 5 heteroatoms. The van der Waals surface area contributed by atoms with Gasteiger partial charge in [0.25, 0.3) is 0 Å². The van der Waals surface area contributed by atoms with Gasteiger partial charge in [-0.25, -0.2) is 4.79 Å². The van der Waals surface area contributed by atoms with Crippen LogP contribution in [0.25, 0.3) is 0 Å². The van der Waals surface area contributed by atoms with E-state index in [9.17, 15) is 4.79 Å². The molecule has 0 bridgehead atoms. The second-order valence-corrected chi connectivity index (χ2v) is 1.53. The minimum atomic E-state index is -0.438. The predicted octanol–water partition coefficient (Wildman–Crippen LogP) is 0.389. The van der Waals surface area contributed by atoms with Gasteiger partial charge in [-0.05, 0) is 6.92 Å². The zero-order valence-corrected chi connectivity index (χ0v) is 5.87. The number of nitrogens with two attached hydrogens (primary N) is 1. The highest BCUT2D eigenvalue weighted by Crippen LogP contribution is 1.94. The fourth-order valence-corrected chi connectivity index (χ4v) is 0.334. The van der Waals surface area contributed by atoms with Crippen LogP contribution in [0, 0.1) is 0 Å². The van der Waals surface area contributed by atoms with Crippen molar-refractivity contribution in [3.63, 3.8) is 0 Å². The summed E-state index contributed by atoms with van der Waals surface area (Å²) in [6, 6.07) is 0. The molecule has 0 atom stereocenters. The zero-order valence-electron chi connectivity index (χ0n) is 5.87. The van der Waals surface area contributed by atoms with Crippen molar-refractivity contribution in [1.82, 2.24) is 0 Å². The first kappa shape index (κ1) is 8.61. The fourth-order valence-electron chi connectivity index (χ4n) is 0.334. The lowest BCUT2D eigenvalue weighted by Gasteiger charge is -1.93. The van der Waals surface area contributed by atoms with Gasteiger partial charge >= 0.3 is 5.97 Å². The first-order valence-corrected chi connectivity index (χ1v) is 2.57. The van der Waals surface area contributed by atoms with E-state index in [4.69, 9.17) is 0 Å². The van der Waals surface area contributed by atoms with Gasteiger partial charge in [0.05, 0.1) is 18.9 Å². The minimum Gasteiger partial charge on any atom is -0.466 e. The first-order chi connectivity index (χ1) is 4.72. The summed E-state index contributed by atoms with van der Waals surface area (Å²) in [5.41, 5.74) is 0.358. The predicted molar refractivity (Wildman–Crippen MR) is 34.8 cm³/mol. The molecule has 0 rings (SSSR count). The Morgan fingerprint density at radius 2 is 2.30 bits per heavy atom. The molecule has 0 aromatic rings. The van der Waals surface area contributed by atoms with Crippen molar-refractivity contribution in [2.24, 2.45) is 16.2 Å². The molecule has 0 aromatic heterocycles. The van der Waals surface area contributed by atoms with Gasteiger partial charge in [0.15, 0.2) is 0 Å². The number of rotatable bonds is 2. The van der Waals surface area contributed by atoms with Crippen LogP contribution in [0.5, 0.6) is 0 Å². The Bertz CT molecular complexity index is 174. The third kappa shape index (κ3) is 2.81. The molecule has 0 aromatic carbocycles. The van der Waals surface area contributed by atoms with Crippen molar-refractivity contribution < 1.29 is 9.53 Å². The molecule has 0 radical (unpaired) electrons. The molecule has 0 aliphatic rings. The van der Waals surface area contributed by atoms with Crippen LogP contribution in [-0.2, 0) is 9.53 Å². The van der Waals surface area contributed by atoms with E-state index in [1.54, 1.807) is 6.92 Å². The molecule has 56 valence electrons. The summed E-state index contributed by atoms with van der Waals surface area (Å²) in [7, 11) is 1.29. The van der Waals surface area contributed by atoms with Gasteiger partial charge < -0.3 is 10.6 Å². The van der Waals surface area contributed by atoms with Crippen LogP contribution in [0.1, 0.15) is 6.92 Å². The van der Waals surface area contributed by atoms with E-state index in [1.165, 1.54) is 13.3 Å². The molecule has 0 heterocycles. The Labute approximate surface area is 58.5 Å². The lowest BCUT2D eigenvalue weighted by Crippen LogP contribution is -2.00. The second kappa shape index (κ2) is 4.49. The Morgan fingerprint density at radius 1 is 1.70 bits per heavy atom. The Kier molecular flexibility index (Phi) is 3.86. The monoisotopic (exact) mass is 143 g/mol. The van der Waals surface area contributed by atoms with Crippen LogP contribution < -0.4 is 5.84 Å². The van der Waals surface area contributed by atoms with Crippen molar-refractivity contribution >= 4 is 5.97 Å². The summed E-state index contributed by atoms with van der Waals surface area (Å²) < 4.78 is 4.36. The first-order valence-electron chi connectivity index (χ1n) is 2.57. The molecule has 5 nitrogen and oxygen atoms in total. The summed E-state index contributed by atoms with van der Waals surface area (Å²) in [6.45, 7) is 1.56. The number of esters is 1. The SMILES string of the molecule is COC(=O)/C(C)=C/N=NN. The third-order valence-electron chi connectivity index (χ3n) is 0.825. The van der Waals surface area contributed by atoms with E-state index in [0.29, 0.717) is 5.57 Å². The van der Waals surface area contributed by atoms with Crippen molar-refractivity contribution in [2.75, 3.05) is 7.11 Å². The van der Waals surface area contributed by atoms with Crippen molar-refractivity contribution in [3.05, 3.63) is 11.8 Å². The van der Waals surface area contributed by atoms with E-state index >= 15 is 0 Å². The molecular formula is C5H9N3O2. The maximum absolute atomic E-state index is 10.6. The maximum Gasteiger partial charge on any atom is 0.335 e. The Balaban J connectivity index is 4.05. The molecule has 0 aliphatic heterocycles. The van der Waals surface area contributed by atoms with Crippen molar-refractivity contribution in [2.45, 2.75) is 6.92 Å². The van der Waals surface area contributed by atoms with E-state index in [1.807, 2.05) is 0 Å². The molecule has 10 heavy (non-hydrogen) atoms. The Hall–Kier alpha value is -1.39. The van der Waals surface area contributed by atoms with Crippen LogP contribution in [0.15, 0.2) is 22.1 Å². The number of methoxy groups -OCH3 is 1. The van der Waals surface area contributed by atoms with Gasteiger partial charge in [-0.3, -0.25) is 0 Å². The van der Waals surface area contributed by atoms with Crippen molar-refractivity contribution in [3.8, 4) is 0 Å². The molecule has 0 saturated carbocycles. The topological polar surface area (TPSA) is 77.0 Å². The highest BCUT2D eigenvalue weighted by molar-refractivity contribution is 5.87. The van der Waals surface area contributed by atoms with Gasteiger partial charge in [0.2, 0.25) is 0 Å². The molecule has 0 saturated heterocycles. The smallest absolute Gasteiger partial charge is 0.335 e. The van der Waals surface area contributed by atoms with Crippen LogP contribution in [0.2, 0.25) is 0 Å². The summed E-state index contributed by atoms with van der Waals surface area (Å²) in [5.74, 6) is 4.24. The number of hydrogen-bond acceptors (Lipinski definition) is 4. The fraction of sp³-hybridized carbons (Fsp3) is 0.400. The van der Waals surface area contributed by atoms with Gasteiger partial charge in [0, 0.05) is 0 Å². The molecule has 0 fully saturated rings. The largest absolute Gasteiger partial charge is 0.466 e. The van der Waals surface area contributed by atoms with E-state index < -0.39 is 5.97 Å². The third-order valence-corrected chi connectivity index (χ3v) is 0.825. The molecular weight excluding hydrogens is 134 g/mol. The standard InChI is InChI=1S/C5H9N3O2/c1-4(3-7-8-6)5(9)10-2/h3H,1-2H3,(H2,6,7)/b4-3+. The average Bonchev–Trinajstić information content (AvgIpc) is 1.98. The van der Waals surface area contributed by atoms with Crippen LogP contribution in [0.3, 0.4) is 0 Å². The lowest BCUT2D eigenvalue weighted by molar-refractivity contribution is -0.136. The molecule has 0 spiro atoms. The van der Waals surface area contributed by atoms with Gasteiger partial charge in [-0.1, -0.05) is 5.22 Å². The molecule has 0 unspecified atom stereocenters. The maximum atomic E-state index is 10.6. The van der Waals surface area contributed by atoms with Gasteiger partial charge in [-0.15, -0.1) is 5.11 Å². The van der Waals surface area contributed by atoms with Crippen LogP contribution in [-0.4, -0.2) is 13.1 Å². The van der Waals surface area contributed by atoms with E-state index in [2.05, 4.69) is 20.9 Å². The van der Waals surface area contributed by atoms with Gasteiger partial charge in [0.1, 0.15) is 0 Å². The molecule has 2 N–H and O–H groups in total. The summed E-state index contributed by atoms with van der Waals surface area (Å²) in [4.78, 5) is 10.6. The minimum absolute atomic E-state index is 0.358. The number of nitrogens with zero attached hydrogens (tertiary/aromatic N) is 2. The van der Waals surface area contributed by atoms with Gasteiger partial charge in [-0.2, -0.15) is 0 Å². The van der Waals surface area contributed by atoms with Crippen molar-refractivity contribution in [1.29, 1.82) is 0 Å². The normalized spacial score (nSPS) is 12.0. The van der Waals surface area contributed by atoms with Crippen LogP contribution in [0.4, 0.5) is 0 Å². The highest BCUT2D eigenvalue weighted by atomic mass is 16.5. The van der Waals surface area contributed by atoms with Crippen LogP contribution >= 0.6 is 0 Å². The number of hydrogen-bond donors (Lipinski definition) is 1. The Morgan fingerprint density at radius 3 is 2.70 bits per heavy atom. The second-order valence-electron chi connectivity index (χ2n) is 1.53. The number of carbonyl (C=O) groups is 1. The molecule has 0 aliphatic carbocycles. The zero-order chi connectivity index (χ0) is 7.98. The summed E-state index contributed by atoms with van der Waals surface area (Å²) >= 11 is 0. The highest BCUT2D eigenvalue weighted by Gasteiger charge is 2.00. The van der Waals surface area contributed by atoms with E-state index in [-0.39, 0.29) is 0 Å².